The molecule has 1 fully saturated rings. The van der Waals surface area contributed by atoms with Crippen LogP contribution in [-0.4, -0.2) is 38.5 Å². The Bertz CT molecular complexity index is 608. The fourth-order valence-corrected chi connectivity index (χ4v) is 4.87. The van der Waals surface area contributed by atoms with Crippen LogP contribution in [0.4, 0.5) is 0 Å². The number of nitrogens with one attached hydrogen (secondary N) is 1. The van der Waals surface area contributed by atoms with E-state index in [-0.39, 0.29) is 4.90 Å². The monoisotopic (exact) mass is 358 g/mol. The molecule has 0 saturated heterocycles. The molecule has 0 aromatic heterocycles. The Morgan fingerprint density at radius 3 is 2.30 bits per heavy atom. The van der Waals surface area contributed by atoms with Gasteiger partial charge in [-0.25, -0.2) is 13.1 Å². The van der Waals surface area contributed by atoms with Gasteiger partial charge in [0.25, 0.3) is 0 Å². The maximum atomic E-state index is 12.5. The average Bonchev–Trinajstić information content (AvgIpc) is 2.47. The van der Waals surface area contributed by atoms with Crippen LogP contribution in [-0.2, 0) is 10.0 Å². The SMILES string of the molecule is CN(CC(C)(C)NS(=O)(=O)c1ccc(Cl)cc1)C1CCCCC1. The summed E-state index contributed by atoms with van der Waals surface area (Å²) in [5.41, 5.74) is -0.537. The van der Waals surface area contributed by atoms with Gasteiger partial charge in [-0.15, -0.1) is 0 Å². The molecule has 0 bridgehead atoms. The second-order valence-corrected chi connectivity index (χ2v) is 9.27. The van der Waals surface area contributed by atoms with Crippen molar-refractivity contribution in [3.05, 3.63) is 29.3 Å². The molecule has 0 radical (unpaired) electrons. The minimum Gasteiger partial charge on any atom is -0.302 e. The molecule has 1 aromatic carbocycles. The van der Waals surface area contributed by atoms with Gasteiger partial charge in [0, 0.05) is 23.1 Å². The lowest BCUT2D eigenvalue weighted by Gasteiger charge is -2.37. The van der Waals surface area contributed by atoms with Crippen LogP contribution in [0.15, 0.2) is 29.2 Å². The van der Waals surface area contributed by atoms with Gasteiger partial charge >= 0.3 is 0 Å². The third-order valence-corrected chi connectivity index (χ3v) is 6.34. The maximum Gasteiger partial charge on any atom is 0.241 e. The molecular weight excluding hydrogens is 332 g/mol. The number of benzene rings is 1. The van der Waals surface area contributed by atoms with Crippen molar-refractivity contribution in [3.8, 4) is 0 Å². The summed E-state index contributed by atoms with van der Waals surface area (Å²) in [6.45, 7) is 4.55. The number of halogens is 1. The summed E-state index contributed by atoms with van der Waals surface area (Å²) in [6, 6.07) is 6.81. The third-order valence-electron chi connectivity index (χ3n) is 4.38. The highest BCUT2D eigenvalue weighted by Gasteiger charge is 2.30. The first-order chi connectivity index (χ1) is 10.7. The van der Waals surface area contributed by atoms with Crippen molar-refractivity contribution in [2.75, 3.05) is 13.6 Å². The van der Waals surface area contributed by atoms with Crippen molar-refractivity contribution in [1.82, 2.24) is 9.62 Å². The smallest absolute Gasteiger partial charge is 0.241 e. The van der Waals surface area contributed by atoms with Gasteiger partial charge in [-0.1, -0.05) is 30.9 Å². The van der Waals surface area contributed by atoms with Gasteiger partial charge in [-0.05, 0) is 58.0 Å². The maximum absolute atomic E-state index is 12.5. The largest absolute Gasteiger partial charge is 0.302 e. The highest BCUT2D eigenvalue weighted by molar-refractivity contribution is 7.89. The molecule has 1 N–H and O–H groups in total. The van der Waals surface area contributed by atoms with E-state index in [0.717, 1.165) is 0 Å². The number of likely N-dealkylation sites (N-methyl/N-ethyl adjacent to an activating group) is 1. The molecule has 4 nitrogen and oxygen atoms in total. The van der Waals surface area contributed by atoms with Crippen LogP contribution >= 0.6 is 11.6 Å². The summed E-state index contributed by atoms with van der Waals surface area (Å²) in [5.74, 6) is 0. The molecule has 1 aliphatic carbocycles. The first-order valence-electron chi connectivity index (χ1n) is 8.19. The van der Waals surface area contributed by atoms with Crippen molar-refractivity contribution in [1.29, 1.82) is 0 Å². The lowest BCUT2D eigenvalue weighted by molar-refractivity contribution is 0.158. The lowest BCUT2D eigenvalue weighted by Crippen LogP contribution is -2.52. The van der Waals surface area contributed by atoms with E-state index in [0.29, 0.717) is 17.6 Å². The predicted molar refractivity (Wildman–Crippen MR) is 95.4 cm³/mol. The minimum atomic E-state index is -3.55. The van der Waals surface area contributed by atoms with Crippen LogP contribution in [0.2, 0.25) is 5.02 Å². The number of hydrogen-bond donors (Lipinski definition) is 1. The first kappa shape index (κ1) is 18.7. The van der Waals surface area contributed by atoms with Crippen molar-refractivity contribution in [3.63, 3.8) is 0 Å². The van der Waals surface area contributed by atoms with Crippen LogP contribution in [0.5, 0.6) is 0 Å². The van der Waals surface area contributed by atoms with E-state index in [1.165, 1.54) is 44.2 Å². The van der Waals surface area contributed by atoms with Crippen molar-refractivity contribution >= 4 is 21.6 Å². The van der Waals surface area contributed by atoms with Crippen LogP contribution in [0.1, 0.15) is 46.0 Å². The Hall–Kier alpha value is -0.620. The van der Waals surface area contributed by atoms with E-state index in [1.807, 2.05) is 13.8 Å². The molecule has 0 aliphatic heterocycles. The van der Waals surface area contributed by atoms with Gasteiger partial charge in [-0.2, -0.15) is 0 Å². The second kappa shape index (κ2) is 7.51. The van der Waals surface area contributed by atoms with E-state index in [9.17, 15) is 8.42 Å². The predicted octanol–water partition coefficient (Wildman–Crippen LogP) is 3.66. The van der Waals surface area contributed by atoms with Crippen LogP contribution in [0.3, 0.4) is 0 Å². The molecule has 0 spiro atoms. The Morgan fingerprint density at radius 2 is 1.74 bits per heavy atom. The highest BCUT2D eigenvalue weighted by atomic mass is 35.5. The molecule has 1 saturated carbocycles. The lowest BCUT2D eigenvalue weighted by atomic mass is 9.93. The fraction of sp³-hybridized carbons (Fsp3) is 0.647. The molecule has 0 atom stereocenters. The average molecular weight is 359 g/mol. The quantitative estimate of drug-likeness (QED) is 0.844. The normalized spacial score (nSPS) is 17.6. The Balaban J connectivity index is 2.02. The third kappa shape index (κ3) is 5.45. The molecule has 0 unspecified atom stereocenters. The number of sulfonamides is 1. The molecule has 0 amide bonds. The molecule has 23 heavy (non-hydrogen) atoms. The van der Waals surface area contributed by atoms with Gasteiger partial charge in [0.1, 0.15) is 0 Å². The standard InChI is InChI=1S/C17H27ClN2O2S/c1-17(2,13-20(3)15-7-5-4-6-8-15)19-23(21,22)16-11-9-14(18)10-12-16/h9-12,15,19H,4-8,13H2,1-3H3. The summed E-state index contributed by atoms with van der Waals surface area (Å²) in [4.78, 5) is 2.54. The zero-order valence-corrected chi connectivity index (χ0v) is 15.8. The molecule has 0 heterocycles. The zero-order chi connectivity index (χ0) is 17.1. The van der Waals surface area contributed by atoms with E-state index >= 15 is 0 Å². The van der Waals surface area contributed by atoms with E-state index in [2.05, 4.69) is 16.7 Å². The van der Waals surface area contributed by atoms with E-state index in [1.54, 1.807) is 12.1 Å². The van der Waals surface area contributed by atoms with E-state index in [4.69, 9.17) is 11.6 Å². The molecule has 130 valence electrons. The summed E-state index contributed by atoms with van der Waals surface area (Å²) in [5, 5.41) is 0.528. The summed E-state index contributed by atoms with van der Waals surface area (Å²) < 4.78 is 27.9. The molecule has 6 heteroatoms. The van der Waals surface area contributed by atoms with Crippen molar-refractivity contribution in [2.24, 2.45) is 0 Å². The van der Waals surface area contributed by atoms with Crippen LogP contribution in [0, 0.1) is 0 Å². The Labute approximate surface area is 145 Å². The Kier molecular flexibility index (Phi) is 6.11. The van der Waals surface area contributed by atoms with Crippen LogP contribution in [0.25, 0.3) is 0 Å². The summed E-state index contributed by atoms with van der Waals surface area (Å²) in [7, 11) is -1.45. The number of hydrogen-bond acceptors (Lipinski definition) is 3. The van der Waals surface area contributed by atoms with Gasteiger partial charge in [-0.3, -0.25) is 0 Å². The molecule has 2 rings (SSSR count). The number of rotatable bonds is 6. The topological polar surface area (TPSA) is 49.4 Å². The van der Waals surface area contributed by atoms with Gasteiger partial charge in [0.05, 0.1) is 4.90 Å². The minimum absolute atomic E-state index is 0.246. The summed E-state index contributed by atoms with van der Waals surface area (Å²) in [6.07, 6.45) is 6.27. The van der Waals surface area contributed by atoms with Crippen LogP contribution < -0.4 is 4.72 Å². The second-order valence-electron chi connectivity index (χ2n) is 7.15. The van der Waals surface area contributed by atoms with Crippen molar-refractivity contribution < 1.29 is 8.42 Å². The van der Waals surface area contributed by atoms with Gasteiger partial charge < -0.3 is 4.90 Å². The van der Waals surface area contributed by atoms with Gasteiger partial charge in [0.15, 0.2) is 0 Å². The zero-order valence-electron chi connectivity index (χ0n) is 14.2. The number of nitrogens with zero attached hydrogens (tertiary/aromatic N) is 1. The molecule has 1 aromatic rings. The summed E-state index contributed by atoms with van der Waals surface area (Å²) >= 11 is 5.83. The molecular formula is C17H27ClN2O2S. The Morgan fingerprint density at radius 1 is 1.17 bits per heavy atom. The van der Waals surface area contributed by atoms with Crippen molar-refractivity contribution in [2.45, 2.75) is 62.4 Å². The fourth-order valence-electron chi connectivity index (χ4n) is 3.34. The highest BCUT2D eigenvalue weighted by Crippen LogP contribution is 2.23. The van der Waals surface area contributed by atoms with E-state index < -0.39 is 15.6 Å². The first-order valence-corrected chi connectivity index (χ1v) is 10.1. The van der Waals surface area contributed by atoms with Gasteiger partial charge in [0.2, 0.25) is 10.0 Å². The molecule has 1 aliphatic rings.